The van der Waals surface area contributed by atoms with Crippen LogP contribution < -0.4 is 5.32 Å². The van der Waals surface area contributed by atoms with Crippen LogP contribution in [0, 0.1) is 12.3 Å². The Labute approximate surface area is 124 Å². The molecule has 0 saturated heterocycles. The van der Waals surface area contributed by atoms with E-state index in [1.165, 1.54) is 0 Å². The molecule has 0 radical (unpaired) electrons. The van der Waals surface area contributed by atoms with E-state index in [4.69, 9.17) is 0 Å². The van der Waals surface area contributed by atoms with Crippen LogP contribution in [0.5, 0.6) is 0 Å². The van der Waals surface area contributed by atoms with Crippen molar-refractivity contribution in [1.29, 1.82) is 0 Å². The second kappa shape index (κ2) is 6.65. The minimum absolute atomic E-state index is 0.0433. The minimum Gasteiger partial charge on any atom is -0.481 e. The van der Waals surface area contributed by atoms with E-state index in [-0.39, 0.29) is 18.9 Å². The number of aryl methyl sites for hydroxylation is 1. The summed E-state index contributed by atoms with van der Waals surface area (Å²) >= 11 is 0. The first kappa shape index (κ1) is 15.4. The predicted octanol–water partition coefficient (Wildman–Crippen LogP) is 1.83. The number of carbonyl (C=O) groups excluding carboxylic acids is 1. The zero-order valence-corrected chi connectivity index (χ0v) is 12.3. The lowest BCUT2D eigenvalue weighted by atomic mass is 9.71. The zero-order valence-electron chi connectivity index (χ0n) is 12.3. The summed E-state index contributed by atoms with van der Waals surface area (Å²) in [5, 5.41) is 12.2. The first-order valence-electron chi connectivity index (χ1n) is 7.29. The summed E-state index contributed by atoms with van der Waals surface area (Å²) in [5.74, 6) is -1.09. The number of carbonyl (C=O) groups is 2. The van der Waals surface area contributed by atoms with Crippen molar-refractivity contribution in [1.82, 2.24) is 15.3 Å². The summed E-state index contributed by atoms with van der Waals surface area (Å²) in [5.41, 5.74) is 0.598. The molecule has 2 rings (SSSR count). The Morgan fingerprint density at radius 3 is 2.52 bits per heavy atom. The fourth-order valence-electron chi connectivity index (χ4n) is 2.76. The van der Waals surface area contributed by atoms with Gasteiger partial charge in [-0.3, -0.25) is 19.6 Å². The van der Waals surface area contributed by atoms with Gasteiger partial charge in [0.1, 0.15) is 0 Å². The number of rotatable bonds is 5. The Morgan fingerprint density at radius 1 is 1.24 bits per heavy atom. The fourth-order valence-corrected chi connectivity index (χ4v) is 2.76. The third-order valence-electron chi connectivity index (χ3n) is 4.06. The van der Waals surface area contributed by atoms with Gasteiger partial charge in [0.25, 0.3) is 0 Å². The smallest absolute Gasteiger partial charge is 0.310 e. The molecule has 2 N–H and O–H groups in total. The maximum atomic E-state index is 12.0. The molecule has 1 fully saturated rings. The lowest BCUT2D eigenvalue weighted by Gasteiger charge is -2.32. The van der Waals surface area contributed by atoms with Crippen molar-refractivity contribution >= 4 is 11.9 Å². The minimum atomic E-state index is -0.888. The van der Waals surface area contributed by atoms with Crippen LogP contribution in [0.25, 0.3) is 0 Å². The van der Waals surface area contributed by atoms with Gasteiger partial charge in [-0.25, -0.2) is 0 Å². The topological polar surface area (TPSA) is 92.2 Å². The summed E-state index contributed by atoms with van der Waals surface area (Å²) in [6.07, 6.45) is 7.27. The highest BCUT2D eigenvalue weighted by molar-refractivity contribution is 5.85. The molecule has 114 valence electrons. The summed E-state index contributed by atoms with van der Waals surface area (Å²) in [6, 6.07) is 0. The second-order valence-electron chi connectivity index (χ2n) is 5.75. The molecule has 0 spiro atoms. The number of nitrogens with one attached hydrogen (secondary N) is 1. The Kier molecular flexibility index (Phi) is 4.88. The number of hydrogen-bond donors (Lipinski definition) is 2. The molecule has 1 aliphatic carbocycles. The Balaban J connectivity index is 1.90. The van der Waals surface area contributed by atoms with Crippen molar-refractivity contribution in [3.05, 3.63) is 23.8 Å². The molecule has 1 aliphatic rings. The lowest BCUT2D eigenvalue weighted by Crippen LogP contribution is -2.39. The molecule has 21 heavy (non-hydrogen) atoms. The van der Waals surface area contributed by atoms with Crippen LogP contribution in [0.1, 0.15) is 49.9 Å². The van der Waals surface area contributed by atoms with Crippen LogP contribution in [0.3, 0.4) is 0 Å². The van der Waals surface area contributed by atoms with E-state index in [0.29, 0.717) is 18.5 Å². The standard InChI is InChI=1S/C15H21N3O3/c1-11-8-17-12(9-16-11)10-18-13(19)7-15(14(20)21)5-3-2-4-6-15/h8-9H,2-7,10H2,1H3,(H,18,19)(H,20,21). The molecule has 0 bridgehead atoms. The molecule has 6 heteroatoms. The van der Waals surface area contributed by atoms with Crippen LogP contribution in [0.2, 0.25) is 0 Å². The number of aliphatic carboxylic acids is 1. The van der Waals surface area contributed by atoms with Gasteiger partial charge >= 0.3 is 5.97 Å². The molecule has 6 nitrogen and oxygen atoms in total. The largest absolute Gasteiger partial charge is 0.481 e. The van der Waals surface area contributed by atoms with Crippen molar-refractivity contribution in [3.8, 4) is 0 Å². The van der Waals surface area contributed by atoms with E-state index >= 15 is 0 Å². The number of nitrogens with zero attached hydrogens (tertiary/aromatic N) is 2. The lowest BCUT2D eigenvalue weighted by molar-refractivity contribution is -0.154. The highest BCUT2D eigenvalue weighted by Gasteiger charge is 2.41. The van der Waals surface area contributed by atoms with E-state index in [1.54, 1.807) is 12.4 Å². The quantitative estimate of drug-likeness (QED) is 0.863. The predicted molar refractivity (Wildman–Crippen MR) is 76.4 cm³/mol. The third kappa shape index (κ3) is 4.00. The average Bonchev–Trinajstić information content (AvgIpc) is 2.47. The summed E-state index contributed by atoms with van der Waals surface area (Å²) in [7, 11) is 0. The first-order valence-corrected chi connectivity index (χ1v) is 7.29. The van der Waals surface area contributed by atoms with Crippen molar-refractivity contribution < 1.29 is 14.7 Å². The molecule has 1 aromatic heterocycles. The van der Waals surface area contributed by atoms with Gasteiger partial charge in [-0.1, -0.05) is 19.3 Å². The Bertz CT molecular complexity index is 507. The van der Waals surface area contributed by atoms with Crippen LogP contribution in [-0.2, 0) is 16.1 Å². The molecule has 0 aliphatic heterocycles. The van der Waals surface area contributed by atoms with Crippen LogP contribution in [0.15, 0.2) is 12.4 Å². The molecule has 1 heterocycles. The van der Waals surface area contributed by atoms with Crippen molar-refractivity contribution in [2.75, 3.05) is 0 Å². The Morgan fingerprint density at radius 2 is 1.95 bits per heavy atom. The molecule has 0 unspecified atom stereocenters. The molecule has 0 atom stereocenters. The molecular weight excluding hydrogens is 270 g/mol. The van der Waals surface area contributed by atoms with Gasteiger partial charge in [0.15, 0.2) is 0 Å². The van der Waals surface area contributed by atoms with Gasteiger partial charge in [-0.15, -0.1) is 0 Å². The zero-order chi connectivity index (χ0) is 15.3. The van der Waals surface area contributed by atoms with E-state index in [9.17, 15) is 14.7 Å². The SMILES string of the molecule is Cc1cnc(CNC(=O)CC2(C(=O)O)CCCCC2)cn1. The van der Waals surface area contributed by atoms with Crippen molar-refractivity contribution in [2.24, 2.45) is 5.41 Å². The Hall–Kier alpha value is -1.98. The molecular formula is C15H21N3O3. The molecule has 1 amide bonds. The fraction of sp³-hybridized carbons (Fsp3) is 0.600. The van der Waals surface area contributed by atoms with E-state index in [0.717, 1.165) is 25.0 Å². The number of aromatic nitrogens is 2. The van der Waals surface area contributed by atoms with Gasteiger partial charge in [0.2, 0.25) is 5.91 Å². The van der Waals surface area contributed by atoms with E-state index in [2.05, 4.69) is 15.3 Å². The number of amides is 1. The monoisotopic (exact) mass is 291 g/mol. The van der Waals surface area contributed by atoms with Gasteiger partial charge < -0.3 is 10.4 Å². The average molecular weight is 291 g/mol. The van der Waals surface area contributed by atoms with Gasteiger partial charge in [0, 0.05) is 12.6 Å². The maximum Gasteiger partial charge on any atom is 0.310 e. The van der Waals surface area contributed by atoms with E-state index < -0.39 is 11.4 Å². The third-order valence-corrected chi connectivity index (χ3v) is 4.06. The maximum absolute atomic E-state index is 12.0. The normalized spacial score (nSPS) is 17.2. The first-order chi connectivity index (χ1) is 10.0. The highest BCUT2D eigenvalue weighted by Crippen LogP contribution is 2.39. The number of carboxylic acid groups (broad SMARTS) is 1. The summed E-state index contributed by atoms with van der Waals surface area (Å²) in [4.78, 5) is 31.8. The van der Waals surface area contributed by atoms with Crippen LogP contribution in [-0.4, -0.2) is 27.0 Å². The molecule has 0 aromatic carbocycles. The van der Waals surface area contributed by atoms with Gasteiger partial charge in [-0.2, -0.15) is 0 Å². The van der Waals surface area contributed by atoms with Crippen LogP contribution in [0.4, 0.5) is 0 Å². The van der Waals surface area contributed by atoms with Crippen molar-refractivity contribution in [2.45, 2.75) is 52.0 Å². The van der Waals surface area contributed by atoms with Gasteiger partial charge in [-0.05, 0) is 19.8 Å². The number of hydrogen-bond acceptors (Lipinski definition) is 4. The molecule has 1 saturated carbocycles. The highest BCUT2D eigenvalue weighted by atomic mass is 16.4. The van der Waals surface area contributed by atoms with Crippen molar-refractivity contribution in [3.63, 3.8) is 0 Å². The van der Waals surface area contributed by atoms with Gasteiger partial charge in [0.05, 0.1) is 29.5 Å². The number of carboxylic acids is 1. The molecule has 1 aromatic rings. The summed E-state index contributed by atoms with van der Waals surface area (Å²) in [6.45, 7) is 2.12. The van der Waals surface area contributed by atoms with E-state index in [1.807, 2.05) is 6.92 Å². The summed E-state index contributed by atoms with van der Waals surface area (Å²) < 4.78 is 0. The second-order valence-corrected chi connectivity index (χ2v) is 5.75. The van der Waals surface area contributed by atoms with Crippen LogP contribution >= 0.6 is 0 Å².